The Labute approximate surface area is 87.7 Å². The normalized spacial score (nSPS) is 10.6. The summed E-state index contributed by atoms with van der Waals surface area (Å²) in [6.07, 6.45) is 1.97. The molecule has 0 spiro atoms. The summed E-state index contributed by atoms with van der Waals surface area (Å²) in [6, 6.07) is 4.96. The summed E-state index contributed by atoms with van der Waals surface area (Å²) in [4.78, 5) is 11.3. The van der Waals surface area contributed by atoms with Gasteiger partial charge in [0.2, 0.25) is 0 Å². The van der Waals surface area contributed by atoms with Crippen molar-refractivity contribution >= 4 is 17.4 Å². The van der Waals surface area contributed by atoms with Crippen LogP contribution in [0.15, 0.2) is 23.1 Å². The van der Waals surface area contributed by atoms with Crippen molar-refractivity contribution in [2.45, 2.75) is 18.7 Å². The first kappa shape index (κ1) is 11.0. The minimum absolute atomic E-state index is 0.152. The summed E-state index contributed by atoms with van der Waals surface area (Å²) < 4.78 is 0. The van der Waals surface area contributed by atoms with Crippen LogP contribution in [0, 0.1) is 16.0 Å². The zero-order chi connectivity index (χ0) is 10.7. The molecule has 1 rings (SSSR count). The lowest BCUT2D eigenvalue weighted by Crippen LogP contribution is -1.95. The van der Waals surface area contributed by atoms with Gasteiger partial charge in [0.15, 0.2) is 0 Å². The van der Waals surface area contributed by atoms with Crippen LogP contribution in [0.4, 0.5) is 5.69 Å². The van der Waals surface area contributed by atoms with Crippen LogP contribution in [-0.2, 0) is 0 Å². The number of rotatable bonds is 3. The van der Waals surface area contributed by atoms with E-state index in [0.29, 0.717) is 0 Å². The van der Waals surface area contributed by atoms with Crippen molar-refractivity contribution in [3.05, 3.63) is 39.8 Å². The number of nitro groups is 1. The summed E-state index contributed by atoms with van der Waals surface area (Å²) in [5.74, 6) is 1.10. The maximum Gasteiger partial charge on any atom is 0.269 e. The summed E-state index contributed by atoms with van der Waals surface area (Å²) in [7, 11) is 0. The van der Waals surface area contributed by atoms with Crippen LogP contribution in [0.1, 0.15) is 19.4 Å². The fraction of sp³-hybridized carbons (Fsp3) is 0.300. The molecule has 1 aromatic rings. The van der Waals surface area contributed by atoms with Crippen LogP contribution < -0.4 is 0 Å². The fourth-order valence-corrected chi connectivity index (χ4v) is 1.89. The standard InChI is InChI=1S/C10H12NO2S/c1-7(2)9-6-8(11(12)13)4-5-10(9)14-3/h4-6H,1-3H3. The third-order valence-electron chi connectivity index (χ3n) is 1.93. The van der Waals surface area contributed by atoms with E-state index in [-0.39, 0.29) is 10.6 Å². The Morgan fingerprint density at radius 2 is 2.07 bits per heavy atom. The van der Waals surface area contributed by atoms with Crippen molar-refractivity contribution in [2.24, 2.45) is 0 Å². The van der Waals surface area contributed by atoms with Crippen LogP contribution in [0.2, 0.25) is 0 Å². The number of non-ortho nitro benzene ring substituents is 1. The Kier molecular flexibility index (Phi) is 3.52. The van der Waals surface area contributed by atoms with Crippen molar-refractivity contribution in [3.63, 3.8) is 0 Å². The van der Waals surface area contributed by atoms with Crippen LogP contribution in [0.5, 0.6) is 0 Å². The zero-order valence-electron chi connectivity index (χ0n) is 8.40. The number of hydrogen-bond acceptors (Lipinski definition) is 3. The highest BCUT2D eigenvalue weighted by molar-refractivity contribution is 7.98. The Morgan fingerprint density at radius 1 is 1.43 bits per heavy atom. The monoisotopic (exact) mass is 210 g/mol. The van der Waals surface area contributed by atoms with Crippen LogP contribution in [0.3, 0.4) is 0 Å². The van der Waals surface area contributed by atoms with Gasteiger partial charge < -0.3 is 0 Å². The van der Waals surface area contributed by atoms with Gasteiger partial charge in [-0.2, -0.15) is 0 Å². The van der Waals surface area contributed by atoms with Gasteiger partial charge in [-0.05, 0) is 17.9 Å². The van der Waals surface area contributed by atoms with Gasteiger partial charge in [0.25, 0.3) is 5.69 Å². The molecule has 1 aromatic carbocycles. The summed E-state index contributed by atoms with van der Waals surface area (Å²) in [6.45, 7) is 3.91. The lowest BCUT2D eigenvalue weighted by Gasteiger charge is -2.09. The Bertz CT molecular complexity index is 350. The summed E-state index contributed by atoms with van der Waals surface area (Å²) in [5.41, 5.74) is 1.12. The molecule has 4 heteroatoms. The molecular formula is C10H12NO2S. The SMILES string of the molecule is CSc1ccc([N+](=O)[O-])cc1[C](C)C. The summed E-state index contributed by atoms with van der Waals surface area (Å²) >= 11 is 1.60. The fourth-order valence-electron chi connectivity index (χ4n) is 1.20. The van der Waals surface area contributed by atoms with Gasteiger partial charge in [0, 0.05) is 22.9 Å². The second kappa shape index (κ2) is 4.46. The van der Waals surface area contributed by atoms with Crippen molar-refractivity contribution in [1.82, 2.24) is 0 Å². The molecular weight excluding hydrogens is 198 g/mol. The minimum atomic E-state index is -0.365. The molecule has 0 aliphatic heterocycles. The highest BCUT2D eigenvalue weighted by Crippen LogP contribution is 2.29. The molecule has 0 N–H and O–H groups in total. The van der Waals surface area contributed by atoms with Gasteiger partial charge in [-0.25, -0.2) is 0 Å². The molecule has 0 amide bonds. The number of nitrogens with zero attached hydrogens (tertiary/aromatic N) is 1. The molecule has 0 bridgehead atoms. The van der Waals surface area contributed by atoms with Crippen molar-refractivity contribution in [1.29, 1.82) is 0 Å². The molecule has 0 aromatic heterocycles. The molecule has 0 aliphatic carbocycles. The van der Waals surface area contributed by atoms with Crippen LogP contribution >= 0.6 is 11.8 Å². The van der Waals surface area contributed by atoms with Gasteiger partial charge >= 0.3 is 0 Å². The molecule has 0 heterocycles. The first-order valence-electron chi connectivity index (χ1n) is 4.19. The molecule has 0 saturated carbocycles. The third-order valence-corrected chi connectivity index (χ3v) is 2.73. The molecule has 0 saturated heterocycles. The number of hydrogen-bond donors (Lipinski definition) is 0. The van der Waals surface area contributed by atoms with Crippen molar-refractivity contribution in [3.8, 4) is 0 Å². The van der Waals surface area contributed by atoms with E-state index in [2.05, 4.69) is 0 Å². The largest absolute Gasteiger partial charge is 0.269 e. The van der Waals surface area contributed by atoms with Gasteiger partial charge in [-0.15, -0.1) is 11.8 Å². The Balaban J connectivity index is 3.20. The average Bonchev–Trinajstić information content (AvgIpc) is 2.16. The Morgan fingerprint density at radius 3 is 2.50 bits per heavy atom. The molecule has 0 aliphatic rings. The van der Waals surface area contributed by atoms with E-state index < -0.39 is 0 Å². The van der Waals surface area contributed by atoms with Crippen molar-refractivity contribution < 1.29 is 4.92 Å². The topological polar surface area (TPSA) is 43.1 Å². The first-order valence-corrected chi connectivity index (χ1v) is 5.41. The lowest BCUT2D eigenvalue weighted by atomic mass is 10.0. The van der Waals surface area contributed by atoms with Gasteiger partial charge in [0.05, 0.1) is 4.92 Å². The van der Waals surface area contributed by atoms with E-state index in [9.17, 15) is 10.1 Å². The van der Waals surface area contributed by atoms with E-state index in [1.54, 1.807) is 23.9 Å². The Hall–Kier alpha value is -1.03. The van der Waals surface area contributed by atoms with Crippen LogP contribution in [0.25, 0.3) is 0 Å². The molecule has 3 nitrogen and oxygen atoms in total. The maximum atomic E-state index is 10.6. The van der Waals surface area contributed by atoms with Gasteiger partial charge in [0.1, 0.15) is 0 Å². The molecule has 1 radical (unpaired) electrons. The third kappa shape index (κ3) is 2.26. The minimum Gasteiger partial charge on any atom is -0.258 e. The highest BCUT2D eigenvalue weighted by Gasteiger charge is 2.12. The molecule has 0 fully saturated rings. The maximum absolute atomic E-state index is 10.6. The summed E-state index contributed by atoms with van der Waals surface area (Å²) in [5, 5.41) is 10.6. The molecule has 14 heavy (non-hydrogen) atoms. The number of thioether (sulfide) groups is 1. The average molecular weight is 210 g/mol. The number of nitro benzene ring substituents is 1. The van der Waals surface area contributed by atoms with E-state index in [0.717, 1.165) is 16.4 Å². The van der Waals surface area contributed by atoms with Gasteiger partial charge in [-0.1, -0.05) is 13.8 Å². The zero-order valence-corrected chi connectivity index (χ0v) is 9.22. The predicted octanol–water partition coefficient (Wildman–Crippen LogP) is 3.28. The second-order valence-corrected chi connectivity index (χ2v) is 3.99. The van der Waals surface area contributed by atoms with E-state index >= 15 is 0 Å². The molecule has 0 atom stereocenters. The van der Waals surface area contributed by atoms with E-state index in [1.165, 1.54) is 6.07 Å². The molecule has 75 valence electrons. The lowest BCUT2D eigenvalue weighted by molar-refractivity contribution is -0.385. The highest BCUT2D eigenvalue weighted by atomic mass is 32.2. The number of benzene rings is 1. The van der Waals surface area contributed by atoms with E-state index in [1.807, 2.05) is 20.1 Å². The van der Waals surface area contributed by atoms with Gasteiger partial charge in [-0.3, -0.25) is 10.1 Å². The van der Waals surface area contributed by atoms with Crippen LogP contribution in [-0.4, -0.2) is 11.2 Å². The first-order chi connectivity index (χ1) is 6.56. The molecule has 0 unspecified atom stereocenters. The quantitative estimate of drug-likeness (QED) is 0.437. The smallest absolute Gasteiger partial charge is 0.258 e. The van der Waals surface area contributed by atoms with Crippen molar-refractivity contribution in [2.75, 3.05) is 6.26 Å². The second-order valence-electron chi connectivity index (χ2n) is 3.14. The predicted molar refractivity (Wildman–Crippen MR) is 58.6 cm³/mol. The van der Waals surface area contributed by atoms with E-state index in [4.69, 9.17) is 0 Å².